The molecule has 0 radical (unpaired) electrons. The SMILES string of the molecule is CC(CO)N(C)C(=O)Cn1c2ccccc2c(=O)c2ccccc21. The normalized spacial score (nSPS) is 12.5. The first-order valence-electron chi connectivity index (χ1n) is 7.91. The molecular weight excluding hydrogens is 304 g/mol. The molecule has 0 aliphatic rings. The molecule has 1 atom stereocenters. The summed E-state index contributed by atoms with van der Waals surface area (Å²) in [6.07, 6.45) is 0. The summed E-state index contributed by atoms with van der Waals surface area (Å²) in [6.45, 7) is 1.82. The van der Waals surface area contributed by atoms with Gasteiger partial charge in [-0.2, -0.15) is 0 Å². The van der Waals surface area contributed by atoms with Gasteiger partial charge in [-0.05, 0) is 31.2 Å². The second-order valence-electron chi connectivity index (χ2n) is 5.99. The highest BCUT2D eigenvalue weighted by Crippen LogP contribution is 2.19. The number of amides is 1. The Balaban J connectivity index is 2.20. The van der Waals surface area contributed by atoms with E-state index in [2.05, 4.69) is 0 Å². The molecule has 2 aromatic carbocycles. The van der Waals surface area contributed by atoms with Crippen molar-refractivity contribution >= 4 is 27.7 Å². The molecule has 1 aromatic heterocycles. The highest BCUT2D eigenvalue weighted by molar-refractivity contribution is 5.94. The lowest BCUT2D eigenvalue weighted by Gasteiger charge is -2.24. The Morgan fingerprint density at radius 2 is 1.58 bits per heavy atom. The van der Waals surface area contributed by atoms with Crippen LogP contribution in [0.3, 0.4) is 0 Å². The minimum Gasteiger partial charge on any atom is -0.394 e. The van der Waals surface area contributed by atoms with Gasteiger partial charge in [0.15, 0.2) is 5.43 Å². The number of likely N-dealkylation sites (N-methyl/N-ethyl adjacent to an activating group) is 1. The van der Waals surface area contributed by atoms with Gasteiger partial charge < -0.3 is 14.6 Å². The summed E-state index contributed by atoms with van der Waals surface area (Å²) in [7, 11) is 1.68. The molecule has 1 unspecified atom stereocenters. The van der Waals surface area contributed by atoms with Gasteiger partial charge in [-0.1, -0.05) is 24.3 Å². The smallest absolute Gasteiger partial charge is 0.242 e. The molecule has 0 saturated carbocycles. The predicted octanol–water partition coefficient (Wildman–Crippen LogP) is 1.99. The third-order valence-electron chi connectivity index (χ3n) is 4.49. The Morgan fingerprint density at radius 1 is 1.08 bits per heavy atom. The van der Waals surface area contributed by atoms with Gasteiger partial charge in [-0.25, -0.2) is 0 Å². The van der Waals surface area contributed by atoms with Crippen LogP contribution in [0.2, 0.25) is 0 Å². The molecule has 0 aliphatic carbocycles. The van der Waals surface area contributed by atoms with Crippen LogP contribution in [0.4, 0.5) is 0 Å². The summed E-state index contributed by atoms with van der Waals surface area (Å²) in [5.74, 6) is -0.115. The lowest BCUT2D eigenvalue weighted by molar-refractivity contribution is -0.132. The third-order valence-corrected chi connectivity index (χ3v) is 4.49. The molecule has 1 heterocycles. The van der Waals surface area contributed by atoms with E-state index in [-0.39, 0.29) is 30.5 Å². The average molecular weight is 324 g/mol. The van der Waals surface area contributed by atoms with Crippen LogP contribution in [0.15, 0.2) is 53.3 Å². The molecule has 0 spiro atoms. The number of fused-ring (bicyclic) bond motifs is 2. The van der Waals surface area contributed by atoms with Gasteiger partial charge >= 0.3 is 0 Å². The van der Waals surface area contributed by atoms with Gasteiger partial charge in [0.25, 0.3) is 0 Å². The molecule has 0 fully saturated rings. The van der Waals surface area contributed by atoms with Gasteiger partial charge in [0.05, 0.1) is 23.7 Å². The Morgan fingerprint density at radius 3 is 2.08 bits per heavy atom. The number of hydrogen-bond acceptors (Lipinski definition) is 3. The van der Waals surface area contributed by atoms with Crippen molar-refractivity contribution in [1.82, 2.24) is 9.47 Å². The number of aliphatic hydroxyl groups is 1. The van der Waals surface area contributed by atoms with E-state index in [0.717, 1.165) is 11.0 Å². The zero-order valence-electron chi connectivity index (χ0n) is 13.8. The van der Waals surface area contributed by atoms with Crippen molar-refractivity contribution < 1.29 is 9.90 Å². The maximum absolute atomic E-state index is 12.7. The molecule has 3 rings (SSSR count). The first-order chi connectivity index (χ1) is 11.5. The first kappa shape index (κ1) is 16.2. The van der Waals surface area contributed by atoms with Crippen LogP contribution in [0.25, 0.3) is 21.8 Å². The maximum atomic E-state index is 12.7. The second kappa shape index (κ2) is 6.45. The summed E-state index contributed by atoms with van der Waals surface area (Å²) >= 11 is 0. The minimum atomic E-state index is -0.255. The number of para-hydroxylation sites is 2. The van der Waals surface area contributed by atoms with Crippen molar-refractivity contribution in [2.75, 3.05) is 13.7 Å². The quantitative estimate of drug-likeness (QED) is 0.747. The van der Waals surface area contributed by atoms with E-state index in [1.165, 1.54) is 4.90 Å². The van der Waals surface area contributed by atoms with Gasteiger partial charge in [0.2, 0.25) is 5.91 Å². The number of aromatic nitrogens is 1. The monoisotopic (exact) mass is 324 g/mol. The summed E-state index contributed by atoms with van der Waals surface area (Å²) in [6, 6.07) is 14.4. The molecule has 0 aliphatic heterocycles. The molecular formula is C19H20N2O3. The highest BCUT2D eigenvalue weighted by Gasteiger charge is 2.18. The molecule has 3 aromatic rings. The van der Waals surface area contributed by atoms with Crippen molar-refractivity contribution in [2.45, 2.75) is 19.5 Å². The number of carbonyl (C=O) groups excluding carboxylic acids is 1. The van der Waals surface area contributed by atoms with Gasteiger partial charge in [0.1, 0.15) is 6.54 Å². The number of benzene rings is 2. The third kappa shape index (κ3) is 2.67. The second-order valence-corrected chi connectivity index (χ2v) is 5.99. The number of rotatable bonds is 4. The number of hydrogen-bond donors (Lipinski definition) is 1. The fourth-order valence-corrected chi connectivity index (χ4v) is 2.86. The van der Waals surface area contributed by atoms with Crippen LogP contribution in [0, 0.1) is 0 Å². The first-order valence-corrected chi connectivity index (χ1v) is 7.91. The van der Waals surface area contributed by atoms with E-state index in [0.29, 0.717) is 10.8 Å². The van der Waals surface area contributed by atoms with E-state index >= 15 is 0 Å². The molecule has 124 valence electrons. The van der Waals surface area contributed by atoms with Crippen molar-refractivity contribution in [1.29, 1.82) is 0 Å². The van der Waals surface area contributed by atoms with Crippen molar-refractivity contribution in [3.8, 4) is 0 Å². The zero-order chi connectivity index (χ0) is 17.3. The van der Waals surface area contributed by atoms with Crippen LogP contribution in [0.1, 0.15) is 6.92 Å². The largest absolute Gasteiger partial charge is 0.394 e. The van der Waals surface area contributed by atoms with Gasteiger partial charge in [0, 0.05) is 17.8 Å². The standard InChI is InChI=1S/C19H20N2O3/c1-13(12-22)20(2)18(23)11-21-16-9-5-3-7-14(16)19(24)15-8-4-6-10-17(15)21/h3-10,13,22H,11-12H2,1-2H3. The Bertz CT molecular complexity index is 902. The van der Waals surface area contributed by atoms with Crippen LogP contribution < -0.4 is 5.43 Å². The van der Waals surface area contributed by atoms with Crippen LogP contribution in [0.5, 0.6) is 0 Å². The average Bonchev–Trinajstić information content (AvgIpc) is 2.63. The summed E-state index contributed by atoms with van der Waals surface area (Å²) in [5.41, 5.74) is 1.45. The highest BCUT2D eigenvalue weighted by atomic mass is 16.3. The van der Waals surface area contributed by atoms with Gasteiger partial charge in [-0.3, -0.25) is 9.59 Å². The van der Waals surface area contributed by atoms with Gasteiger partial charge in [-0.15, -0.1) is 0 Å². The molecule has 0 bridgehead atoms. The summed E-state index contributed by atoms with van der Waals surface area (Å²) in [4.78, 5) is 26.8. The van der Waals surface area contributed by atoms with Crippen molar-refractivity contribution in [3.63, 3.8) is 0 Å². The Hall–Kier alpha value is -2.66. The topological polar surface area (TPSA) is 62.5 Å². The zero-order valence-corrected chi connectivity index (χ0v) is 13.8. The van der Waals surface area contributed by atoms with E-state index in [1.807, 2.05) is 41.0 Å². The van der Waals surface area contributed by atoms with Crippen LogP contribution in [-0.2, 0) is 11.3 Å². The molecule has 5 heteroatoms. The Kier molecular flexibility index (Phi) is 4.36. The summed E-state index contributed by atoms with van der Waals surface area (Å²) in [5, 5.41) is 10.5. The predicted molar refractivity (Wildman–Crippen MR) is 95.0 cm³/mol. The number of nitrogens with zero attached hydrogens (tertiary/aromatic N) is 2. The fourth-order valence-electron chi connectivity index (χ4n) is 2.86. The van der Waals surface area contributed by atoms with Crippen molar-refractivity contribution in [3.05, 3.63) is 58.8 Å². The molecule has 0 saturated heterocycles. The molecule has 5 nitrogen and oxygen atoms in total. The number of aliphatic hydroxyl groups excluding tert-OH is 1. The molecule has 1 amide bonds. The molecule has 24 heavy (non-hydrogen) atoms. The maximum Gasteiger partial charge on any atom is 0.242 e. The minimum absolute atomic E-state index is 0.0259. The van der Waals surface area contributed by atoms with E-state index in [9.17, 15) is 14.7 Å². The number of carbonyl (C=O) groups is 1. The fraction of sp³-hybridized carbons (Fsp3) is 0.263. The number of pyridine rings is 1. The Labute approximate surface area is 139 Å². The lowest BCUT2D eigenvalue weighted by atomic mass is 10.1. The lowest BCUT2D eigenvalue weighted by Crippen LogP contribution is -2.39. The van der Waals surface area contributed by atoms with Crippen LogP contribution in [-0.4, -0.2) is 40.2 Å². The van der Waals surface area contributed by atoms with E-state index < -0.39 is 0 Å². The van der Waals surface area contributed by atoms with E-state index in [4.69, 9.17) is 0 Å². The molecule has 1 N–H and O–H groups in total. The van der Waals surface area contributed by atoms with E-state index in [1.54, 1.807) is 26.1 Å². The van der Waals surface area contributed by atoms with Crippen molar-refractivity contribution in [2.24, 2.45) is 0 Å². The summed E-state index contributed by atoms with van der Waals surface area (Å²) < 4.78 is 1.87. The van der Waals surface area contributed by atoms with Crippen LogP contribution >= 0.6 is 0 Å².